The maximum atomic E-state index is 6.80. The molecule has 1 N–H and O–H groups in total. The van der Waals surface area contributed by atoms with E-state index in [2.05, 4.69) is 99.7 Å². The van der Waals surface area contributed by atoms with Crippen molar-refractivity contribution in [2.24, 2.45) is 0 Å². The second kappa shape index (κ2) is 8.86. The lowest BCUT2D eigenvalue weighted by Crippen LogP contribution is -2.32. The summed E-state index contributed by atoms with van der Waals surface area (Å²) in [6, 6.07) is 23.8. The number of nitrogens with zero attached hydrogens (tertiary/aromatic N) is 3. The molecule has 2 aliphatic heterocycles. The van der Waals surface area contributed by atoms with Crippen molar-refractivity contribution in [1.29, 1.82) is 0 Å². The number of benzene rings is 3. The van der Waals surface area contributed by atoms with Gasteiger partial charge in [0.05, 0.1) is 5.70 Å². The molecule has 1 aromatic heterocycles. The van der Waals surface area contributed by atoms with E-state index in [-0.39, 0.29) is 12.1 Å². The largest absolute Gasteiger partial charge is 0.480 e. The number of nitrogens with one attached hydrogen (secondary N) is 1. The third kappa shape index (κ3) is 3.80. The molecule has 0 amide bonds. The van der Waals surface area contributed by atoms with E-state index in [1.807, 2.05) is 10.9 Å². The molecule has 3 heterocycles. The van der Waals surface area contributed by atoms with Crippen LogP contribution in [0.3, 0.4) is 0 Å². The van der Waals surface area contributed by atoms with E-state index in [1.165, 1.54) is 16.7 Å². The zero-order valence-electron chi connectivity index (χ0n) is 21.2. The molecule has 182 valence electrons. The number of aromatic nitrogens is 3. The maximum Gasteiger partial charge on any atom is 0.227 e. The van der Waals surface area contributed by atoms with E-state index in [0.29, 0.717) is 5.92 Å². The van der Waals surface area contributed by atoms with Crippen molar-refractivity contribution in [2.45, 2.75) is 50.9 Å². The van der Waals surface area contributed by atoms with Gasteiger partial charge in [-0.1, -0.05) is 91.3 Å². The normalized spacial score (nSPS) is 18.3. The van der Waals surface area contributed by atoms with Crippen molar-refractivity contribution in [3.8, 4) is 5.75 Å². The molecule has 5 nitrogen and oxygen atoms in total. The number of thioether (sulfide) groups is 1. The molecule has 6 rings (SSSR count). The molecule has 4 aromatic rings. The van der Waals surface area contributed by atoms with E-state index in [1.54, 1.807) is 11.8 Å². The molecule has 0 unspecified atom stereocenters. The highest BCUT2D eigenvalue weighted by molar-refractivity contribution is 7.98. The van der Waals surface area contributed by atoms with Crippen molar-refractivity contribution >= 4 is 23.4 Å². The third-order valence-electron chi connectivity index (χ3n) is 7.09. The summed E-state index contributed by atoms with van der Waals surface area (Å²) in [5, 5.41) is 9.30. The summed E-state index contributed by atoms with van der Waals surface area (Å²) < 4.78 is 8.82. The number of aryl methyl sites for hydroxylation is 2. The molecule has 2 atom stereocenters. The molecule has 3 aromatic carbocycles. The Balaban J connectivity index is 1.60. The van der Waals surface area contributed by atoms with Crippen molar-refractivity contribution in [3.63, 3.8) is 0 Å². The molecular formula is C30H30N4OS. The van der Waals surface area contributed by atoms with Gasteiger partial charge in [-0.05, 0) is 54.8 Å². The summed E-state index contributed by atoms with van der Waals surface area (Å²) in [6.07, 6.45) is 1.75. The Labute approximate surface area is 216 Å². The molecule has 0 saturated carbocycles. The Morgan fingerprint density at radius 2 is 1.61 bits per heavy atom. The monoisotopic (exact) mass is 494 g/mol. The standard InChI is InChI=1S/C30H30N4OS/c1-17(2)20-11-13-22(14-12-20)28-25-26(23-16-19(4)8-15-24(23)35-28)31-29-32-30(36-5)33-34(29)27(25)21-9-6-18(3)7-10-21/h6-17,27-28H,1-5H3,(H,31,32,33)/t27-,28-/m1/s1. The topological polar surface area (TPSA) is 52.0 Å². The molecule has 0 aliphatic carbocycles. The highest BCUT2D eigenvalue weighted by Gasteiger charge is 2.41. The summed E-state index contributed by atoms with van der Waals surface area (Å²) in [5.74, 6) is 2.11. The first-order valence-electron chi connectivity index (χ1n) is 12.4. The summed E-state index contributed by atoms with van der Waals surface area (Å²) in [6.45, 7) is 8.68. The van der Waals surface area contributed by atoms with Crippen LogP contribution in [0.2, 0.25) is 0 Å². The van der Waals surface area contributed by atoms with Gasteiger partial charge in [0.1, 0.15) is 17.9 Å². The van der Waals surface area contributed by atoms with Crippen molar-refractivity contribution in [3.05, 3.63) is 106 Å². The van der Waals surface area contributed by atoms with E-state index in [4.69, 9.17) is 14.8 Å². The second-order valence-electron chi connectivity index (χ2n) is 9.95. The summed E-state index contributed by atoms with van der Waals surface area (Å²) in [4.78, 5) is 4.81. The van der Waals surface area contributed by atoms with Gasteiger partial charge in [0.15, 0.2) is 0 Å². The zero-order valence-corrected chi connectivity index (χ0v) is 22.1. The SMILES string of the molecule is CSc1nc2n(n1)[C@H](c1ccc(C)cc1)C1=C(N2)c2cc(C)ccc2O[C@@H]1c1ccc(C(C)C)cc1. The van der Waals surface area contributed by atoms with Crippen LogP contribution in [0.1, 0.15) is 65.3 Å². The van der Waals surface area contributed by atoms with E-state index in [9.17, 15) is 0 Å². The predicted octanol–water partition coefficient (Wildman–Crippen LogP) is 7.30. The van der Waals surface area contributed by atoms with Crippen LogP contribution in [0, 0.1) is 13.8 Å². The fraction of sp³-hybridized carbons (Fsp3) is 0.267. The molecule has 0 saturated heterocycles. The van der Waals surface area contributed by atoms with Crippen LogP contribution in [-0.2, 0) is 0 Å². The average Bonchev–Trinajstić information content (AvgIpc) is 3.31. The van der Waals surface area contributed by atoms with Gasteiger partial charge in [-0.2, -0.15) is 4.98 Å². The first kappa shape index (κ1) is 22.9. The summed E-state index contributed by atoms with van der Waals surface area (Å²) in [5.41, 5.74) is 9.32. The average molecular weight is 495 g/mol. The first-order chi connectivity index (χ1) is 17.4. The molecule has 2 aliphatic rings. The highest BCUT2D eigenvalue weighted by atomic mass is 32.2. The molecule has 0 radical (unpaired) electrons. The summed E-state index contributed by atoms with van der Waals surface area (Å²) in [7, 11) is 0. The van der Waals surface area contributed by atoms with Crippen LogP contribution < -0.4 is 10.1 Å². The van der Waals surface area contributed by atoms with Gasteiger partial charge in [0.25, 0.3) is 0 Å². The lowest BCUT2D eigenvalue weighted by Gasteiger charge is -2.39. The fourth-order valence-corrected chi connectivity index (χ4v) is 5.46. The number of ether oxygens (including phenoxy) is 1. The van der Waals surface area contributed by atoms with Gasteiger partial charge >= 0.3 is 0 Å². The van der Waals surface area contributed by atoms with Crippen molar-refractivity contribution in [2.75, 3.05) is 11.6 Å². The van der Waals surface area contributed by atoms with Gasteiger partial charge in [-0.3, -0.25) is 0 Å². The van der Waals surface area contributed by atoms with E-state index < -0.39 is 0 Å². The molecular weight excluding hydrogens is 464 g/mol. The van der Waals surface area contributed by atoms with Crippen molar-refractivity contribution in [1.82, 2.24) is 14.8 Å². The first-order valence-corrected chi connectivity index (χ1v) is 13.6. The van der Waals surface area contributed by atoms with E-state index in [0.717, 1.165) is 44.8 Å². The third-order valence-corrected chi connectivity index (χ3v) is 7.63. The number of anilines is 1. The minimum atomic E-state index is -0.259. The Morgan fingerprint density at radius 1 is 0.917 bits per heavy atom. The Kier molecular flexibility index (Phi) is 5.64. The maximum absolute atomic E-state index is 6.80. The van der Waals surface area contributed by atoms with Crippen LogP contribution >= 0.6 is 11.8 Å². The Morgan fingerprint density at radius 3 is 2.31 bits per heavy atom. The van der Waals surface area contributed by atoms with Crippen LogP contribution in [0.4, 0.5) is 5.95 Å². The zero-order chi connectivity index (χ0) is 25.0. The lowest BCUT2D eigenvalue weighted by atomic mass is 9.84. The minimum Gasteiger partial charge on any atom is -0.480 e. The van der Waals surface area contributed by atoms with E-state index >= 15 is 0 Å². The molecule has 0 fully saturated rings. The summed E-state index contributed by atoms with van der Waals surface area (Å²) >= 11 is 1.55. The number of rotatable bonds is 4. The highest BCUT2D eigenvalue weighted by Crippen LogP contribution is 2.51. The quantitative estimate of drug-likeness (QED) is 0.302. The number of hydrogen-bond acceptors (Lipinski definition) is 5. The van der Waals surface area contributed by atoms with Crippen LogP contribution in [0.15, 0.2) is 77.5 Å². The number of fused-ring (bicyclic) bond motifs is 3. The Bertz CT molecular complexity index is 1470. The van der Waals surface area contributed by atoms with Gasteiger partial charge in [0.2, 0.25) is 11.1 Å². The van der Waals surface area contributed by atoms with Crippen LogP contribution in [0.5, 0.6) is 5.75 Å². The lowest BCUT2D eigenvalue weighted by molar-refractivity contribution is 0.223. The smallest absolute Gasteiger partial charge is 0.227 e. The van der Waals surface area contributed by atoms with Crippen LogP contribution in [-0.4, -0.2) is 21.0 Å². The fourth-order valence-electron chi connectivity index (χ4n) is 5.11. The molecule has 36 heavy (non-hydrogen) atoms. The van der Waals surface area contributed by atoms with Gasteiger partial charge in [0, 0.05) is 11.1 Å². The molecule has 0 spiro atoms. The minimum absolute atomic E-state index is 0.145. The van der Waals surface area contributed by atoms with Crippen molar-refractivity contribution < 1.29 is 4.74 Å². The second-order valence-corrected chi connectivity index (χ2v) is 10.7. The molecule has 0 bridgehead atoms. The van der Waals surface area contributed by atoms with Gasteiger partial charge in [-0.25, -0.2) is 4.68 Å². The predicted molar refractivity (Wildman–Crippen MR) is 147 cm³/mol. The van der Waals surface area contributed by atoms with Crippen LogP contribution in [0.25, 0.3) is 5.70 Å². The van der Waals surface area contributed by atoms with Gasteiger partial charge < -0.3 is 10.1 Å². The number of hydrogen-bond donors (Lipinski definition) is 1. The van der Waals surface area contributed by atoms with Gasteiger partial charge in [-0.15, -0.1) is 5.10 Å². The molecule has 6 heteroatoms. The Hall–Kier alpha value is -3.51.